The van der Waals surface area contributed by atoms with Gasteiger partial charge in [0.2, 0.25) is 0 Å². The van der Waals surface area contributed by atoms with Crippen LogP contribution in [-0.2, 0) is 0 Å². The Bertz CT molecular complexity index is 309. The van der Waals surface area contributed by atoms with Gasteiger partial charge in [0.05, 0.1) is 0 Å². The average Bonchev–Trinajstić information content (AvgIpc) is 2.73. The summed E-state index contributed by atoms with van der Waals surface area (Å²) in [6.45, 7) is 3.31. The Morgan fingerprint density at radius 1 is 1.47 bits per heavy atom. The normalized spacial score (nSPS) is 35.1. The van der Waals surface area contributed by atoms with Crippen molar-refractivity contribution in [1.82, 2.24) is 5.32 Å². The molecule has 1 nitrogen and oxygen atoms in total. The molecule has 1 aromatic heterocycles. The van der Waals surface area contributed by atoms with Crippen molar-refractivity contribution >= 4 is 11.3 Å². The van der Waals surface area contributed by atoms with E-state index in [0.29, 0.717) is 6.04 Å². The van der Waals surface area contributed by atoms with Gasteiger partial charge >= 0.3 is 0 Å². The van der Waals surface area contributed by atoms with Crippen molar-refractivity contribution < 1.29 is 0 Å². The van der Waals surface area contributed by atoms with Gasteiger partial charge in [-0.1, -0.05) is 13.3 Å². The first-order chi connectivity index (χ1) is 7.42. The van der Waals surface area contributed by atoms with E-state index in [1.807, 2.05) is 11.3 Å². The number of thiophene rings is 1. The van der Waals surface area contributed by atoms with Crippen molar-refractivity contribution in [2.24, 2.45) is 17.8 Å². The van der Waals surface area contributed by atoms with Crippen LogP contribution in [0, 0.1) is 17.8 Å². The van der Waals surface area contributed by atoms with E-state index in [0.717, 1.165) is 24.3 Å². The van der Waals surface area contributed by atoms with Crippen molar-refractivity contribution in [1.29, 1.82) is 0 Å². The second kappa shape index (κ2) is 3.91. The molecule has 0 aromatic carbocycles. The number of rotatable bonds is 4. The molecule has 0 spiro atoms. The van der Waals surface area contributed by atoms with Gasteiger partial charge in [-0.2, -0.15) is 11.3 Å². The molecule has 0 radical (unpaired) electrons. The van der Waals surface area contributed by atoms with E-state index >= 15 is 0 Å². The minimum Gasteiger partial charge on any atom is -0.310 e. The molecular weight excluding hydrogens is 202 g/mol. The lowest BCUT2D eigenvalue weighted by Crippen LogP contribution is -2.23. The fourth-order valence-electron chi connectivity index (χ4n) is 3.52. The summed E-state index contributed by atoms with van der Waals surface area (Å²) in [6, 6.07) is 2.95. The van der Waals surface area contributed by atoms with Gasteiger partial charge in [-0.05, 0) is 59.5 Å². The summed E-state index contributed by atoms with van der Waals surface area (Å²) in [4.78, 5) is 0. The standard InChI is InChI=1S/C13H19NS/c1-2-14-13(9-6-7-15-8-9)12-10-4-3-5-11(10)12/h6-8,10-14H,2-5H2,1H3. The Morgan fingerprint density at radius 3 is 2.87 bits per heavy atom. The van der Waals surface area contributed by atoms with Crippen LogP contribution in [0.1, 0.15) is 37.8 Å². The molecule has 82 valence electrons. The zero-order valence-corrected chi connectivity index (χ0v) is 10.1. The van der Waals surface area contributed by atoms with Crippen molar-refractivity contribution in [3.8, 4) is 0 Å². The van der Waals surface area contributed by atoms with Gasteiger partial charge in [0, 0.05) is 6.04 Å². The molecular formula is C13H19NS. The van der Waals surface area contributed by atoms with Gasteiger partial charge in [-0.25, -0.2) is 0 Å². The highest BCUT2D eigenvalue weighted by Crippen LogP contribution is 2.62. The fourth-order valence-corrected chi connectivity index (χ4v) is 4.22. The molecule has 3 unspecified atom stereocenters. The Labute approximate surface area is 95.9 Å². The molecule has 1 aromatic rings. The number of hydrogen-bond acceptors (Lipinski definition) is 2. The molecule has 2 aliphatic rings. The quantitative estimate of drug-likeness (QED) is 0.821. The molecule has 0 saturated heterocycles. The summed E-state index contributed by atoms with van der Waals surface area (Å²) in [6.07, 6.45) is 4.46. The topological polar surface area (TPSA) is 12.0 Å². The molecule has 0 amide bonds. The van der Waals surface area contributed by atoms with Crippen LogP contribution in [0.4, 0.5) is 0 Å². The minimum absolute atomic E-state index is 0.650. The SMILES string of the molecule is CCNC(c1ccsc1)C1C2CCCC21. The van der Waals surface area contributed by atoms with Crippen molar-refractivity contribution in [3.05, 3.63) is 22.4 Å². The summed E-state index contributed by atoms with van der Waals surface area (Å²) in [5.74, 6) is 3.05. The van der Waals surface area contributed by atoms with Crippen LogP contribution in [0.25, 0.3) is 0 Å². The van der Waals surface area contributed by atoms with Crippen molar-refractivity contribution in [2.45, 2.75) is 32.2 Å². The zero-order chi connectivity index (χ0) is 10.3. The molecule has 3 rings (SSSR count). The largest absolute Gasteiger partial charge is 0.310 e. The Kier molecular flexibility index (Phi) is 2.57. The van der Waals surface area contributed by atoms with Gasteiger partial charge in [0.15, 0.2) is 0 Å². The molecule has 0 bridgehead atoms. The molecule has 1 heterocycles. The van der Waals surface area contributed by atoms with Crippen LogP contribution in [0.5, 0.6) is 0 Å². The first-order valence-corrected chi connectivity index (χ1v) is 7.11. The number of nitrogens with one attached hydrogen (secondary N) is 1. The number of fused-ring (bicyclic) bond motifs is 1. The fraction of sp³-hybridized carbons (Fsp3) is 0.692. The van der Waals surface area contributed by atoms with Gasteiger partial charge in [-0.3, -0.25) is 0 Å². The maximum absolute atomic E-state index is 3.68. The summed E-state index contributed by atoms with van der Waals surface area (Å²) >= 11 is 1.83. The van der Waals surface area contributed by atoms with Crippen LogP contribution < -0.4 is 5.32 Å². The second-order valence-corrected chi connectivity index (χ2v) is 5.71. The molecule has 2 saturated carbocycles. The highest BCUT2D eigenvalue weighted by atomic mass is 32.1. The third-order valence-corrected chi connectivity index (χ3v) is 4.89. The molecule has 3 atom stereocenters. The Balaban J connectivity index is 1.75. The van der Waals surface area contributed by atoms with Crippen molar-refractivity contribution in [3.63, 3.8) is 0 Å². The van der Waals surface area contributed by atoms with Gasteiger partial charge < -0.3 is 5.32 Å². The summed E-state index contributed by atoms with van der Waals surface area (Å²) in [5, 5.41) is 8.21. The van der Waals surface area contributed by atoms with Crippen LogP contribution >= 0.6 is 11.3 Å². The Morgan fingerprint density at radius 2 is 2.27 bits per heavy atom. The lowest BCUT2D eigenvalue weighted by atomic mass is 9.99. The van der Waals surface area contributed by atoms with Crippen molar-refractivity contribution in [2.75, 3.05) is 6.54 Å². The third kappa shape index (κ3) is 1.64. The maximum Gasteiger partial charge on any atom is 0.0362 e. The lowest BCUT2D eigenvalue weighted by Gasteiger charge is -2.18. The maximum atomic E-state index is 3.68. The first-order valence-electron chi connectivity index (χ1n) is 6.17. The highest BCUT2D eigenvalue weighted by Gasteiger charge is 2.55. The lowest BCUT2D eigenvalue weighted by molar-refractivity contribution is 0.427. The van der Waals surface area contributed by atoms with E-state index in [-0.39, 0.29) is 0 Å². The predicted octanol–water partition coefficient (Wildman–Crippen LogP) is 3.44. The molecule has 2 fully saturated rings. The van der Waals surface area contributed by atoms with E-state index < -0.39 is 0 Å². The first kappa shape index (κ1) is 9.86. The zero-order valence-electron chi connectivity index (χ0n) is 9.28. The van der Waals surface area contributed by atoms with E-state index in [9.17, 15) is 0 Å². The molecule has 2 heteroatoms. The highest BCUT2D eigenvalue weighted by molar-refractivity contribution is 7.07. The molecule has 15 heavy (non-hydrogen) atoms. The van der Waals surface area contributed by atoms with Gasteiger partial charge in [0.1, 0.15) is 0 Å². The van der Waals surface area contributed by atoms with Gasteiger partial charge in [0.25, 0.3) is 0 Å². The smallest absolute Gasteiger partial charge is 0.0362 e. The van der Waals surface area contributed by atoms with Crippen LogP contribution in [0.2, 0.25) is 0 Å². The summed E-state index contributed by atoms with van der Waals surface area (Å²) in [5.41, 5.74) is 1.53. The van der Waals surface area contributed by atoms with Gasteiger partial charge in [-0.15, -0.1) is 0 Å². The average molecular weight is 221 g/mol. The van der Waals surface area contributed by atoms with Crippen LogP contribution in [0.3, 0.4) is 0 Å². The third-order valence-electron chi connectivity index (χ3n) is 4.18. The van der Waals surface area contributed by atoms with E-state index in [2.05, 4.69) is 29.1 Å². The Hall–Kier alpha value is -0.340. The van der Waals surface area contributed by atoms with Crippen LogP contribution in [-0.4, -0.2) is 6.54 Å². The monoisotopic (exact) mass is 221 g/mol. The minimum atomic E-state index is 0.650. The predicted molar refractivity (Wildman–Crippen MR) is 65.1 cm³/mol. The molecule has 2 aliphatic carbocycles. The molecule has 1 N–H and O–H groups in total. The van der Waals surface area contributed by atoms with E-state index in [1.165, 1.54) is 24.8 Å². The van der Waals surface area contributed by atoms with E-state index in [4.69, 9.17) is 0 Å². The number of hydrogen-bond donors (Lipinski definition) is 1. The summed E-state index contributed by atoms with van der Waals surface area (Å²) in [7, 11) is 0. The second-order valence-electron chi connectivity index (χ2n) is 4.93. The van der Waals surface area contributed by atoms with Crippen LogP contribution in [0.15, 0.2) is 16.8 Å². The summed E-state index contributed by atoms with van der Waals surface area (Å²) < 4.78 is 0. The van der Waals surface area contributed by atoms with E-state index in [1.54, 1.807) is 0 Å². The molecule has 0 aliphatic heterocycles.